The van der Waals surface area contributed by atoms with Crippen LogP contribution in [-0.2, 0) is 0 Å². The molecule has 0 spiro atoms. The zero-order valence-electron chi connectivity index (χ0n) is 25.8. The number of carbonyl (C=O) groups is 2. The number of halogens is 4. The Morgan fingerprint density at radius 3 is 1.84 bits per heavy atom. The number of benzene rings is 4. The monoisotopic (exact) mass is 860 g/mol. The minimum Gasteiger partial charge on any atom is -0.339 e. The van der Waals surface area contributed by atoms with Gasteiger partial charge in [0.05, 0.1) is 16.5 Å². The van der Waals surface area contributed by atoms with Gasteiger partial charge in [-0.05, 0) is 91.0 Å². The first-order chi connectivity index (χ1) is 24.2. The molecule has 0 fully saturated rings. The van der Waals surface area contributed by atoms with E-state index in [0.717, 1.165) is 62.6 Å². The Hall–Kier alpha value is -3.64. The lowest BCUT2D eigenvalue weighted by Crippen LogP contribution is -2.01. The van der Waals surface area contributed by atoms with Gasteiger partial charge in [0.1, 0.15) is 16.4 Å². The molecule has 0 bridgehead atoms. The number of rotatable bonds is 8. The molecule has 0 saturated carbocycles. The van der Waals surface area contributed by atoms with Crippen LogP contribution < -0.4 is 0 Å². The molecular weight excluding hydrogens is 839 g/mol. The number of Topliss-reactive ketones (excluding diaryl/α,β-unsaturated/α-hetero) is 2. The zero-order chi connectivity index (χ0) is 34.8. The van der Waals surface area contributed by atoms with Gasteiger partial charge in [0.25, 0.3) is 0 Å². The molecule has 2 N–H and O–H groups in total. The van der Waals surface area contributed by atoms with Crippen LogP contribution in [-0.4, -0.2) is 43.0 Å². The Kier molecular flexibility index (Phi) is 10.7. The first-order valence-electron chi connectivity index (χ1n) is 15.2. The summed E-state index contributed by atoms with van der Waals surface area (Å²) < 4.78 is 2.02. The maximum Gasteiger partial charge on any atom is 0.173 e. The minimum absolute atomic E-state index is 0.0845. The number of carbonyl (C=O) groups excluding carboxylic acids is 2. The molecule has 248 valence electrons. The first kappa shape index (κ1) is 34.8. The molecule has 0 atom stereocenters. The van der Waals surface area contributed by atoms with Gasteiger partial charge in [-0.15, -0.1) is 23.5 Å². The van der Waals surface area contributed by atoms with E-state index in [-0.39, 0.29) is 11.6 Å². The van der Waals surface area contributed by atoms with E-state index in [1.54, 1.807) is 18.3 Å². The molecule has 0 aliphatic heterocycles. The Balaban J connectivity index is 0.000000157. The Bertz CT molecular complexity index is 2570. The summed E-state index contributed by atoms with van der Waals surface area (Å²) in [6.07, 6.45) is 1.67. The molecule has 12 heteroatoms. The molecule has 0 aliphatic carbocycles. The maximum absolute atomic E-state index is 12.6. The van der Waals surface area contributed by atoms with E-state index in [1.807, 2.05) is 91.0 Å². The maximum atomic E-state index is 12.6. The minimum atomic E-state index is 0.0845. The number of ketones is 2. The molecule has 50 heavy (non-hydrogen) atoms. The third-order valence-electron chi connectivity index (χ3n) is 7.84. The van der Waals surface area contributed by atoms with E-state index in [2.05, 4.69) is 51.8 Å². The summed E-state index contributed by atoms with van der Waals surface area (Å²) in [5.74, 6) is 0.967. The summed E-state index contributed by atoms with van der Waals surface area (Å²) in [5, 5.41) is 4.80. The van der Waals surface area contributed by atoms with E-state index in [1.165, 1.54) is 23.5 Å². The number of hydrogen-bond acceptors (Lipinski definition) is 6. The highest BCUT2D eigenvalue weighted by atomic mass is 79.9. The van der Waals surface area contributed by atoms with Crippen molar-refractivity contribution in [3.05, 3.63) is 140 Å². The normalized spacial score (nSPS) is 11.3. The quantitative estimate of drug-likeness (QED) is 0.0898. The molecular formula is C38H24Br2Cl2N4O2S2. The number of pyridine rings is 2. The van der Waals surface area contributed by atoms with Crippen molar-refractivity contribution >= 4 is 134 Å². The molecule has 0 saturated heterocycles. The van der Waals surface area contributed by atoms with Gasteiger partial charge in [0, 0.05) is 68.6 Å². The molecule has 0 amide bonds. The van der Waals surface area contributed by atoms with Crippen LogP contribution in [0.25, 0.3) is 43.9 Å². The Labute approximate surface area is 322 Å². The lowest BCUT2D eigenvalue weighted by atomic mass is 10.1. The summed E-state index contributed by atoms with van der Waals surface area (Å²) in [5.41, 5.74) is 4.71. The van der Waals surface area contributed by atoms with Crippen molar-refractivity contribution < 1.29 is 9.59 Å². The summed E-state index contributed by atoms with van der Waals surface area (Å²) in [7, 11) is 0. The summed E-state index contributed by atoms with van der Waals surface area (Å²) in [4.78, 5) is 42.4. The third-order valence-corrected chi connectivity index (χ3v) is 11.3. The summed E-state index contributed by atoms with van der Waals surface area (Å²) >= 11 is 22.2. The number of hydrogen-bond donors (Lipinski definition) is 2. The fraction of sp³-hybridized carbons (Fsp3) is 0.0526. The second-order valence-corrected chi connectivity index (χ2v) is 15.9. The topological polar surface area (TPSA) is 91.5 Å². The second-order valence-electron chi connectivity index (χ2n) is 11.2. The fourth-order valence-corrected chi connectivity index (χ4v) is 8.65. The van der Waals surface area contributed by atoms with Crippen LogP contribution in [0.4, 0.5) is 0 Å². The standard InChI is InChI=1S/2C19H12BrClN2OS/c20-12-2-1-3-13(9-12)25-10-17(24)11-4-6-16-15(8-11)14-5-7-18(21)23-19(14)22-16;20-12-2-1-3-13(9-12)25-10-17(24)11-4-5-16-14(8-11)18-15(21)6-7-22-19(18)23-16/h2*1-9H,10H2,(H,22,23). The van der Waals surface area contributed by atoms with Gasteiger partial charge in [0.2, 0.25) is 0 Å². The van der Waals surface area contributed by atoms with Gasteiger partial charge in [-0.25, -0.2) is 9.97 Å². The van der Waals surface area contributed by atoms with Crippen molar-refractivity contribution in [3.63, 3.8) is 0 Å². The number of fused-ring (bicyclic) bond motifs is 6. The van der Waals surface area contributed by atoms with Crippen LogP contribution in [0.2, 0.25) is 10.2 Å². The summed E-state index contributed by atoms with van der Waals surface area (Å²) in [6, 6.07) is 32.7. The number of H-pyrrole nitrogens is 2. The summed E-state index contributed by atoms with van der Waals surface area (Å²) in [6.45, 7) is 0. The molecule has 0 aliphatic rings. The number of aromatic nitrogens is 4. The van der Waals surface area contributed by atoms with Crippen molar-refractivity contribution in [1.82, 2.24) is 19.9 Å². The lowest BCUT2D eigenvalue weighted by Gasteiger charge is -2.03. The SMILES string of the molecule is O=C(CSc1cccc(Br)c1)c1ccc2[nH]c3nc(Cl)ccc3c2c1.O=C(CSc1cccc(Br)c1)c1ccc2[nH]c3nccc(Cl)c3c2c1. The highest BCUT2D eigenvalue weighted by Crippen LogP contribution is 2.32. The van der Waals surface area contributed by atoms with E-state index in [0.29, 0.717) is 32.8 Å². The fourth-order valence-electron chi connectivity index (χ4n) is 5.45. The molecule has 0 unspecified atom stereocenters. The average molecular weight is 863 g/mol. The highest BCUT2D eigenvalue weighted by Gasteiger charge is 2.14. The van der Waals surface area contributed by atoms with Crippen molar-refractivity contribution in [1.29, 1.82) is 0 Å². The van der Waals surface area contributed by atoms with E-state index >= 15 is 0 Å². The molecule has 6 nitrogen and oxygen atoms in total. The first-order valence-corrected chi connectivity index (χ1v) is 19.5. The second kappa shape index (κ2) is 15.3. The third kappa shape index (κ3) is 7.81. The van der Waals surface area contributed by atoms with E-state index in [9.17, 15) is 9.59 Å². The lowest BCUT2D eigenvalue weighted by molar-refractivity contribution is 0.101. The highest BCUT2D eigenvalue weighted by molar-refractivity contribution is 9.10. The van der Waals surface area contributed by atoms with Crippen LogP contribution in [0.1, 0.15) is 20.7 Å². The molecule has 8 aromatic rings. The largest absolute Gasteiger partial charge is 0.339 e. The number of nitrogens with zero attached hydrogens (tertiary/aromatic N) is 2. The number of aromatic amines is 2. The van der Waals surface area contributed by atoms with Crippen LogP contribution in [0.3, 0.4) is 0 Å². The van der Waals surface area contributed by atoms with Crippen LogP contribution in [0, 0.1) is 0 Å². The van der Waals surface area contributed by atoms with Crippen molar-refractivity contribution in [2.75, 3.05) is 11.5 Å². The van der Waals surface area contributed by atoms with Gasteiger partial charge in [0.15, 0.2) is 11.6 Å². The zero-order valence-corrected chi connectivity index (χ0v) is 32.2. The molecule has 0 radical (unpaired) electrons. The Morgan fingerprint density at radius 2 is 1.22 bits per heavy atom. The van der Waals surface area contributed by atoms with Gasteiger partial charge in [-0.1, -0.05) is 67.2 Å². The predicted molar refractivity (Wildman–Crippen MR) is 216 cm³/mol. The van der Waals surface area contributed by atoms with Crippen LogP contribution in [0.15, 0.2) is 128 Å². The molecule has 4 aromatic heterocycles. The van der Waals surface area contributed by atoms with Crippen molar-refractivity contribution in [3.8, 4) is 0 Å². The predicted octanol–water partition coefficient (Wildman–Crippen LogP) is 12.2. The van der Waals surface area contributed by atoms with Crippen LogP contribution in [0.5, 0.6) is 0 Å². The smallest absolute Gasteiger partial charge is 0.173 e. The van der Waals surface area contributed by atoms with Crippen LogP contribution >= 0.6 is 78.6 Å². The number of thioether (sulfide) groups is 2. The van der Waals surface area contributed by atoms with Gasteiger partial charge in [-0.2, -0.15) is 0 Å². The molecule has 4 heterocycles. The van der Waals surface area contributed by atoms with E-state index in [4.69, 9.17) is 23.2 Å². The van der Waals surface area contributed by atoms with E-state index < -0.39 is 0 Å². The number of nitrogens with one attached hydrogen (secondary N) is 2. The van der Waals surface area contributed by atoms with Gasteiger partial charge < -0.3 is 9.97 Å². The molecule has 8 rings (SSSR count). The molecule has 4 aromatic carbocycles. The van der Waals surface area contributed by atoms with Gasteiger partial charge in [-0.3, -0.25) is 9.59 Å². The van der Waals surface area contributed by atoms with Crippen molar-refractivity contribution in [2.24, 2.45) is 0 Å². The van der Waals surface area contributed by atoms with Crippen molar-refractivity contribution in [2.45, 2.75) is 9.79 Å². The average Bonchev–Trinajstić information content (AvgIpc) is 3.67. The Morgan fingerprint density at radius 1 is 0.640 bits per heavy atom. The van der Waals surface area contributed by atoms with Gasteiger partial charge >= 0.3 is 0 Å².